The molecule has 4 heteroatoms. The lowest BCUT2D eigenvalue weighted by atomic mass is 9.96. The van der Waals surface area contributed by atoms with Crippen molar-refractivity contribution in [3.63, 3.8) is 0 Å². The lowest BCUT2D eigenvalue weighted by Gasteiger charge is -2.26. The molecule has 1 aliphatic rings. The minimum absolute atomic E-state index is 0.146. The molecule has 0 amide bonds. The van der Waals surface area contributed by atoms with Gasteiger partial charge in [0.05, 0.1) is 5.60 Å². The third-order valence-electron chi connectivity index (χ3n) is 3.60. The van der Waals surface area contributed by atoms with Gasteiger partial charge >= 0.3 is 0 Å². The highest BCUT2D eigenvalue weighted by atomic mass is 16.5. The summed E-state index contributed by atoms with van der Waals surface area (Å²) in [6.45, 7) is 0.493. The minimum Gasteiger partial charge on any atom is -0.490 e. The van der Waals surface area contributed by atoms with Crippen LogP contribution in [-0.2, 0) is 0 Å². The van der Waals surface area contributed by atoms with Crippen LogP contribution in [-0.4, -0.2) is 24.0 Å². The second kappa shape index (κ2) is 6.78. The van der Waals surface area contributed by atoms with Gasteiger partial charge in [-0.05, 0) is 25.0 Å². The molecule has 0 atom stereocenters. The van der Waals surface area contributed by atoms with Gasteiger partial charge in [-0.25, -0.2) is 0 Å². The van der Waals surface area contributed by atoms with Crippen LogP contribution in [0.4, 0.5) is 0 Å². The molecule has 2 rings (SSSR count). The summed E-state index contributed by atoms with van der Waals surface area (Å²) >= 11 is 0. The zero-order chi connectivity index (χ0) is 13.6. The lowest BCUT2D eigenvalue weighted by Crippen LogP contribution is -2.35. The third kappa shape index (κ3) is 4.40. The largest absolute Gasteiger partial charge is 0.490 e. The summed E-state index contributed by atoms with van der Waals surface area (Å²) in [5.74, 6) is 1.40. The highest BCUT2D eigenvalue weighted by Gasteiger charge is 2.28. The van der Waals surface area contributed by atoms with E-state index in [4.69, 9.17) is 15.2 Å². The molecular formula is C15H23NO3. The number of benzene rings is 1. The Morgan fingerprint density at radius 1 is 1.05 bits per heavy atom. The maximum absolute atomic E-state index is 10.5. The van der Waals surface area contributed by atoms with Crippen LogP contribution < -0.4 is 15.2 Å². The van der Waals surface area contributed by atoms with Crippen molar-refractivity contribution in [2.24, 2.45) is 5.73 Å². The maximum atomic E-state index is 10.5. The van der Waals surface area contributed by atoms with Crippen molar-refractivity contribution in [1.29, 1.82) is 0 Å². The van der Waals surface area contributed by atoms with Gasteiger partial charge in [0.2, 0.25) is 0 Å². The monoisotopic (exact) mass is 265 g/mol. The first kappa shape index (κ1) is 14.2. The highest BCUT2D eigenvalue weighted by molar-refractivity contribution is 5.32. The van der Waals surface area contributed by atoms with Crippen molar-refractivity contribution in [2.75, 3.05) is 13.3 Å². The molecule has 0 aliphatic heterocycles. The van der Waals surface area contributed by atoms with Gasteiger partial charge in [-0.1, -0.05) is 31.7 Å². The average molecular weight is 265 g/mol. The van der Waals surface area contributed by atoms with Crippen molar-refractivity contribution in [3.8, 4) is 11.5 Å². The highest BCUT2D eigenvalue weighted by Crippen LogP contribution is 2.28. The van der Waals surface area contributed by atoms with Gasteiger partial charge in [-0.15, -0.1) is 0 Å². The summed E-state index contributed by atoms with van der Waals surface area (Å²) in [6, 6.07) is 7.36. The molecule has 0 spiro atoms. The van der Waals surface area contributed by atoms with Crippen LogP contribution in [0.2, 0.25) is 0 Å². The van der Waals surface area contributed by atoms with Crippen molar-refractivity contribution in [3.05, 3.63) is 24.3 Å². The van der Waals surface area contributed by atoms with Gasteiger partial charge in [-0.3, -0.25) is 5.73 Å². The summed E-state index contributed by atoms with van der Waals surface area (Å²) in [5, 5.41) is 10.5. The third-order valence-corrected chi connectivity index (χ3v) is 3.60. The van der Waals surface area contributed by atoms with E-state index in [2.05, 4.69) is 0 Å². The molecule has 3 N–H and O–H groups in total. The second-order valence-electron chi connectivity index (χ2n) is 5.21. The number of rotatable bonds is 5. The minimum atomic E-state index is -0.679. The van der Waals surface area contributed by atoms with Crippen LogP contribution in [0.3, 0.4) is 0 Å². The Bertz CT molecular complexity index is 387. The topological polar surface area (TPSA) is 64.7 Å². The molecule has 0 aromatic heterocycles. The van der Waals surface area contributed by atoms with Crippen LogP contribution in [0, 0.1) is 0 Å². The smallest absolute Gasteiger partial charge is 0.137 e. The van der Waals surface area contributed by atoms with Crippen LogP contribution in [0.15, 0.2) is 24.3 Å². The Kier molecular flexibility index (Phi) is 5.05. The van der Waals surface area contributed by atoms with E-state index >= 15 is 0 Å². The van der Waals surface area contributed by atoms with Crippen molar-refractivity contribution in [1.82, 2.24) is 0 Å². The summed E-state index contributed by atoms with van der Waals surface area (Å²) in [4.78, 5) is 0. The van der Waals surface area contributed by atoms with Crippen LogP contribution in [0.25, 0.3) is 0 Å². The predicted octanol–water partition coefficient (Wildman–Crippen LogP) is 2.45. The molecule has 106 valence electrons. The van der Waals surface area contributed by atoms with Gasteiger partial charge in [-0.2, -0.15) is 0 Å². The van der Waals surface area contributed by atoms with E-state index in [0.29, 0.717) is 18.1 Å². The van der Waals surface area contributed by atoms with Crippen LogP contribution in [0.5, 0.6) is 11.5 Å². The van der Waals surface area contributed by atoms with E-state index in [9.17, 15) is 5.11 Å². The molecule has 1 aliphatic carbocycles. The molecule has 0 unspecified atom stereocenters. The molecular weight excluding hydrogens is 242 g/mol. The van der Waals surface area contributed by atoms with Crippen molar-refractivity contribution < 1.29 is 14.6 Å². The van der Waals surface area contributed by atoms with Gasteiger partial charge in [0, 0.05) is 6.07 Å². The lowest BCUT2D eigenvalue weighted by molar-refractivity contribution is -0.0174. The van der Waals surface area contributed by atoms with E-state index < -0.39 is 5.60 Å². The quantitative estimate of drug-likeness (QED) is 0.634. The fourth-order valence-corrected chi connectivity index (χ4v) is 2.50. The van der Waals surface area contributed by atoms with Crippen LogP contribution in [0.1, 0.15) is 38.5 Å². The predicted molar refractivity (Wildman–Crippen MR) is 74.3 cm³/mol. The van der Waals surface area contributed by atoms with Crippen LogP contribution >= 0.6 is 0 Å². The molecule has 19 heavy (non-hydrogen) atoms. The van der Waals surface area contributed by atoms with Gasteiger partial charge in [0.25, 0.3) is 0 Å². The fraction of sp³-hybridized carbons (Fsp3) is 0.600. The maximum Gasteiger partial charge on any atom is 0.137 e. The van der Waals surface area contributed by atoms with Gasteiger partial charge in [0.1, 0.15) is 24.8 Å². The fourth-order valence-electron chi connectivity index (χ4n) is 2.50. The summed E-state index contributed by atoms with van der Waals surface area (Å²) in [6.07, 6.45) is 6.23. The molecule has 0 saturated heterocycles. The zero-order valence-corrected chi connectivity index (χ0v) is 11.3. The van der Waals surface area contributed by atoms with E-state index in [0.717, 1.165) is 25.7 Å². The molecule has 0 radical (unpaired) electrons. The van der Waals surface area contributed by atoms with E-state index in [1.54, 1.807) is 6.07 Å². The molecule has 1 saturated carbocycles. The normalized spacial score (nSPS) is 18.6. The molecule has 1 fully saturated rings. The first-order chi connectivity index (χ1) is 9.22. The van der Waals surface area contributed by atoms with E-state index in [1.807, 2.05) is 18.2 Å². The first-order valence-electron chi connectivity index (χ1n) is 7.00. The number of ether oxygens (including phenoxy) is 2. The second-order valence-corrected chi connectivity index (χ2v) is 5.21. The SMILES string of the molecule is NCOc1cccc(OCC2(O)CCCCCC2)c1. The zero-order valence-electron chi connectivity index (χ0n) is 11.3. The number of hydrogen-bond donors (Lipinski definition) is 2. The van der Waals surface area contributed by atoms with Gasteiger partial charge < -0.3 is 14.6 Å². The Labute approximate surface area is 114 Å². The van der Waals surface area contributed by atoms with Gasteiger partial charge in [0.15, 0.2) is 0 Å². The average Bonchev–Trinajstić information content (AvgIpc) is 2.63. The Morgan fingerprint density at radius 3 is 2.32 bits per heavy atom. The summed E-state index contributed by atoms with van der Waals surface area (Å²) in [7, 11) is 0. The Hall–Kier alpha value is -1.26. The van der Waals surface area contributed by atoms with Crippen molar-refractivity contribution >= 4 is 0 Å². The molecule has 0 heterocycles. The molecule has 1 aromatic rings. The molecule has 4 nitrogen and oxygen atoms in total. The molecule has 1 aromatic carbocycles. The molecule has 0 bridgehead atoms. The summed E-state index contributed by atoms with van der Waals surface area (Å²) < 4.78 is 10.9. The Balaban J connectivity index is 1.91. The van der Waals surface area contributed by atoms with Crippen molar-refractivity contribution in [2.45, 2.75) is 44.1 Å². The Morgan fingerprint density at radius 2 is 1.68 bits per heavy atom. The van der Waals surface area contributed by atoms with E-state index in [1.165, 1.54) is 12.8 Å². The number of aliphatic hydroxyl groups is 1. The summed E-state index contributed by atoms with van der Waals surface area (Å²) in [5.41, 5.74) is 4.66. The number of nitrogens with two attached hydrogens (primary N) is 1. The van der Waals surface area contributed by atoms with E-state index in [-0.39, 0.29) is 6.73 Å². The number of hydrogen-bond acceptors (Lipinski definition) is 4. The standard InChI is InChI=1S/C15H23NO3/c16-12-19-14-7-5-6-13(10-14)18-11-15(17)8-3-1-2-4-9-15/h5-7,10,17H,1-4,8-9,11-12,16H2. The first-order valence-corrected chi connectivity index (χ1v) is 7.00.